The Bertz CT molecular complexity index is 1020. The van der Waals surface area contributed by atoms with Gasteiger partial charge in [-0.25, -0.2) is 9.59 Å². The van der Waals surface area contributed by atoms with Gasteiger partial charge in [-0.1, -0.05) is 44.3 Å². The molecular weight excluding hydrogens is 380 g/mol. The van der Waals surface area contributed by atoms with E-state index in [4.69, 9.17) is 14.2 Å². The number of carbonyl (C=O) groups excluding carboxylic acids is 2. The molecule has 0 saturated carbocycles. The maximum absolute atomic E-state index is 12.5. The molecule has 5 nitrogen and oxygen atoms in total. The molecule has 1 aliphatic rings. The second kappa shape index (κ2) is 9.26. The molecule has 158 valence electrons. The SMILES string of the molecule is C=C(C)C(=O)Oc1c2c(c(OC(=O)C(=C)C)c3ccccc13)C(OCCC)CCC2. The Morgan fingerprint density at radius 1 is 1.00 bits per heavy atom. The van der Waals surface area contributed by atoms with Crippen molar-refractivity contribution in [2.45, 2.75) is 52.6 Å². The average molecular weight is 408 g/mol. The molecule has 0 fully saturated rings. The predicted molar refractivity (Wildman–Crippen MR) is 117 cm³/mol. The van der Waals surface area contributed by atoms with Gasteiger partial charge in [0, 0.05) is 39.7 Å². The third kappa shape index (κ3) is 4.31. The first kappa shape index (κ1) is 21.8. The molecule has 0 aliphatic heterocycles. The minimum absolute atomic E-state index is 0.242. The van der Waals surface area contributed by atoms with Crippen LogP contribution < -0.4 is 9.47 Å². The summed E-state index contributed by atoms with van der Waals surface area (Å²) in [7, 11) is 0. The first-order valence-corrected chi connectivity index (χ1v) is 10.3. The Kier molecular flexibility index (Phi) is 6.73. The number of benzene rings is 2. The van der Waals surface area contributed by atoms with Crippen molar-refractivity contribution in [3.05, 3.63) is 59.7 Å². The van der Waals surface area contributed by atoms with E-state index in [1.807, 2.05) is 31.2 Å². The van der Waals surface area contributed by atoms with Crippen LogP contribution in [-0.2, 0) is 20.7 Å². The van der Waals surface area contributed by atoms with Crippen molar-refractivity contribution in [1.82, 2.24) is 0 Å². The van der Waals surface area contributed by atoms with Crippen molar-refractivity contribution in [3.8, 4) is 11.5 Å². The van der Waals surface area contributed by atoms with Crippen molar-refractivity contribution in [2.75, 3.05) is 6.61 Å². The molecule has 0 saturated heterocycles. The van der Waals surface area contributed by atoms with E-state index in [-0.39, 0.29) is 6.10 Å². The van der Waals surface area contributed by atoms with E-state index >= 15 is 0 Å². The van der Waals surface area contributed by atoms with Gasteiger partial charge in [0.05, 0.1) is 6.10 Å². The minimum atomic E-state index is -0.492. The molecule has 0 radical (unpaired) electrons. The standard InChI is InChI=1S/C25H28O5/c1-6-14-28-20-13-9-12-19-21(20)23(30-25(27)16(4)5)18-11-8-7-10-17(18)22(19)29-24(26)15(2)3/h7-8,10-11,20H,2,4,6,9,12-14H2,1,3,5H3. The summed E-state index contributed by atoms with van der Waals surface area (Å²) >= 11 is 0. The topological polar surface area (TPSA) is 61.8 Å². The average Bonchev–Trinajstić information content (AvgIpc) is 2.73. The minimum Gasteiger partial charge on any atom is -0.422 e. The Labute approximate surface area is 177 Å². The summed E-state index contributed by atoms with van der Waals surface area (Å²) in [6.07, 6.45) is 3.01. The van der Waals surface area contributed by atoms with E-state index in [9.17, 15) is 9.59 Å². The summed E-state index contributed by atoms with van der Waals surface area (Å²) in [5, 5.41) is 1.41. The molecule has 1 atom stereocenters. The van der Waals surface area contributed by atoms with Gasteiger partial charge < -0.3 is 14.2 Å². The van der Waals surface area contributed by atoms with Crippen LogP contribution in [0.25, 0.3) is 10.8 Å². The largest absolute Gasteiger partial charge is 0.422 e. The fourth-order valence-corrected chi connectivity index (χ4v) is 3.66. The Morgan fingerprint density at radius 3 is 2.13 bits per heavy atom. The zero-order chi connectivity index (χ0) is 21.8. The molecule has 0 spiro atoms. The van der Waals surface area contributed by atoms with Crippen LogP contribution in [0.15, 0.2) is 48.6 Å². The highest BCUT2D eigenvalue weighted by Crippen LogP contribution is 2.49. The van der Waals surface area contributed by atoms with Gasteiger partial charge in [0.15, 0.2) is 0 Å². The number of hydrogen-bond acceptors (Lipinski definition) is 5. The lowest BCUT2D eigenvalue weighted by atomic mass is 9.85. The van der Waals surface area contributed by atoms with Crippen molar-refractivity contribution in [3.63, 3.8) is 0 Å². The number of rotatable bonds is 7. The van der Waals surface area contributed by atoms with Gasteiger partial charge in [-0.05, 0) is 39.5 Å². The van der Waals surface area contributed by atoms with Gasteiger partial charge in [-0.15, -0.1) is 0 Å². The molecular formula is C25H28O5. The van der Waals surface area contributed by atoms with Gasteiger partial charge in [-0.3, -0.25) is 0 Å². The summed E-state index contributed by atoms with van der Waals surface area (Å²) in [4.78, 5) is 24.9. The molecule has 1 aliphatic carbocycles. The van der Waals surface area contributed by atoms with Gasteiger partial charge in [-0.2, -0.15) is 0 Å². The normalized spacial score (nSPS) is 15.4. The highest BCUT2D eigenvalue weighted by Gasteiger charge is 2.32. The van der Waals surface area contributed by atoms with Gasteiger partial charge in [0.1, 0.15) is 11.5 Å². The smallest absolute Gasteiger partial charge is 0.338 e. The number of hydrogen-bond donors (Lipinski definition) is 0. The summed E-state index contributed by atoms with van der Waals surface area (Å²) in [6.45, 7) is 13.3. The molecule has 0 N–H and O–H groups in total. The van der Waals surface area contributed by atoms with E-state index in [0.717, 1.165) is 30.4 Å². The fourth-order valence-electron chi connectivity index (χ4n) is 3.66. The van der Waals surface area contributed by atoms with E-state index in [1.165, 1.54) is 0 Å². The first-order valence-electron chi connectivity index (χ1n) is 10.3. The Morgan fingerprint density at radius 2 is 1.57 bits per heavy atom. The third-order valence-corrected chi connectivity index (χ3v) is 5.08. The van der Waals surface area contributed by atoms with Gasteiger partial charge in [0.2, 0.25) is 0 Å². The lowest BCUT2D eigenvalue weighted by Gasteiger charge is -2.30. The Balaban J connectivity index is 2.29. The van der Waals surface area contributed by atoms with Crippen LogP contribution in [0.1, 0.15) is 57.3 Å². The van der Waals surface area contributed by atoms with Crippen LogP contribution in [0.5, 0.6) is 11.5 Å². The molecule has 2 aromatic carbocycles. The predicted octanol–water partition coefficient (Wildman–Crippen LogP) is 5.61. The quantitative estimate of drug-likeness (QED) is 0.339. The van der Waals surface area contributed by atoms with Crippen LogP contribution in [0, 0.1) is 0 Å². The molecule has 2 aromatic rings. The summed E-state index contributed by atoms with van der Waals surface area (Å²) in [5.74, 6) is -0.0162. The monoisotopic (exact) mass is 408 g/mol. The summed E-state index contributed by atoms with van der Waals surface area (Å²) in [6, 6.07) is 7.46. The zero-order valence-corrected chi connectivity index (χ0v) is 17.9. The molecule has 0 bridgehead atoms. The van der Waals surface area contributed by atoms with E-state index < -0.39 is 11.9 Å². The van der Waals surface area contributed by atoms with Crippen molar-refractivity contribution in [1.29, 1.82) is 0 Å². The number of ether oxygens (including phenoxy) is 3. The second-order valence-electron chi connectivity index (χ2n) is 7.69. The maximum Gasteiger partial charge on any atom is 0.338 e. The molecule has 0 aromatic heterocycles. The molecule has 1 unspecified atom stereocenters. The van der Waals surface area contributed by atoms with Crippen LogP contribution >= 0.6 is 0 Å². The highest BCUT2D eigenvalue weighted by molar-refractivity contribution is 6.01. The van der Waals surface area contributed by atoms with Crippen molar-refractivity contribution >= 4 is 22.7 Å². The molecule has 30 heavy (non-hydrogen) atoms. The van der Waals surface area contributed by atoms with E-state index in [1.54, 1.807) is 13.8 Å². The van der Waals surface area contributed by atoms with E-state index in [0.29, 0.717) is 46.4 Å². The maximum atomic E-state index is 12.5. The van der Waals surface area contributed by atoms with Crippen molar-refractivity contribution in [2.24, 2.45) is 0 Å². The Hall–Kier alpha value is -2.92. The second-order valence-corrected chi connectivity index (χ2v) is 7.69. The fraction of sp³-hybridized carbons (Fsp3) is 0.360. The number of carbonyl (C=O) groups is 2. The zero-order valence-electron chi connectivity index (χ0n) is 17.9. The number of fused-ring (bicyclic) bond motifs is 2. The van der Waals surface area contributed by atoms with Gasteiger partial charge in [0.25, 0.3) is 0 Å². The molecule has 0 heterocycles. The summed E-state index contributed by atoms with van der Waals surface area (Å²) < 4.78 is 17.8. The molecule has 5 heteroatoms. The van der Waals surface area contributed by atoms with E-state index in [2.05, 4.69) is 13.2 Å². The van der Waals surface area contributed by atoms with Crippen LogP contribution in [0.4, 0.5) is 0 Å². The lowest BCUT2D eigenvalue weighted by molar-refractivity contribution is -0.131. The molecule has 0 amide bonds. The van der Waals surface area contributed by atoms with Gasteiger partial charge >= 0.3 is 11.9 Å². The summed E-state index contributed by atoms with van der Waals surface area (Å²) in [5.41, 5.74) is 2.26. The third-order valence-electron chi connectivity index (χ3n) is 5.08. The van der Waals surface area contributed by atoms with Crippen LogP contribution in [0.2, 0.25) is 0 Å². The van der Waals surface area contributed by atoms with Crippen LogP contribution in [-0.4, -0.2) is 18.5 Å². The van der Waals surface area contributed by atoms with Crippen LogP contribution in [0.3, 0.4) is 0 Å². The lowest BCUT2D eigenvalue weighted by Crippen LogP contribution is -2.20. The van der Waals surface area contributed by atoms with Crippen molar-refractivity contribution < 1.29 is 23.8 Å². The number of esters is 2. The highest BCUT2D eigenvalue weighted by atomic mass is 16.5. The molecule has 3 rings (SSSR count). The first-order chi connectivity index (χ1) is 14.3.